The van der Waals surface area contributed by atoms with Gasteiger partial charge in [-0.3, -0.25) is 0 Å². The largest absolute Gasteiger partial charge is 0.397 e. The van der Waals surface area contributed by atoms with Gasteiger partial charge in [0.1, 0.15) is 0 Å². The number of nitrogens with two attached hydrogens (primary N) is 1. The smallest absolute Gasteiger partial charge is 0.0603 e. The van der Waals surface area contributed by atoms with Gasteiger partial charge in [-0.2, -0.15) is 0 Å². The molecule has 2 rings (SSSR count). The number of rotatable bonds is 4. The van der Waals surface area contributed by atoms with Crippen LogP contribution in [-0.2, 0) is 0 Å². The number of likely N-dealkylation sites (tertiary alicyclic amines) is 1. The second-order valence-electron chi connectivity index (χ2n) is 5.53. The Labute approximate surface area is 110 Å². The molecular weight excluding hydrogens is 222 g/mol. The van der Waals surface area contributed by atoms with Crippen LogP contribution in [-0.4, -0.2) is 31.6 Å². The number of nitrogens with zero attached hydrogens (tertiary/aromatic N) is 1. The van der Waals surface area contributed by atoms with Gasteiger partial charge >= 0.3 is 0 Å². The number of anilines is 2. The van der Waals surface area contributed by atoms with Crippen LogP contribution in [0.5, 0.6) is 0 Å². The summed E-state index contributed by atoms with van der Waals surface area (Å²) in [6, 6.07) is 6.07. The molecule has 0 saturated carbocycles. The summed E-state index contributed by atoms with van der Waals surface area (Å²) in [6.07, 6.45) is 3.95. The maximum Gasteiger partial charge on any atom is 0.0603 e. The number of nitrogens with one attached hydrogen (secondary N) is 1. The zero-order chi connectivity index (χ0) is 13.0. The van der Waals surface area contributed by atoms with Crippen molar-refractivity contribution in [1.29, 1.82) is 0 Å². The Morgan fingerprint density at radius 3 is 3.00 bits per heavy atom. The van der Waals surface area contributed by atoms with Crippen molar-refractivity contribution in [2.45, 2.75) is 26.2 Å². The summed E-state index contributed by atoms with van der Waals surface area (Å²) >= 11 is 0. The van der Waals surface area contributed by atoms with Crippen LogP contribution < -0.4 is 11.1 Å². The van der Waals surface area contributed by atoms with Crippen molar-refractivity contribution in [3.63, 3.8) is 0 Å². The van der Waals surface area contributed by atoms with Crippen molar-refractivity contribution in [1.82, 2.24) is 4.90 Å². The molecule has 3 nitrogen and oxygen atoms in total. The number of aryl methyl sites for hydroxylation is 1. The summed E-state index contributed by atoms with van der Waals surface area (Å²) in [5.41, 5.74) is 9.19. The third kappa shape index (κ3) is 3.39. The molecule has 0 amide bonds. The standard InChI is InChI=1S/C15H25N3/c1-12-5-3-7-14(16)15(12)17-9-8-13-6-4-10-18(2)11-13/h3,5,7,13,17H,4,6,8-11,16H2,1-2H3. The summed E-state index contributed by atoms with van der Waals surface area (Å²) in [4.78, 5) is 2.44. The molecule has 0 spiro atoms. The third-order valence-corrected chi connectivity index (χ3v) is 3.88. The Balaban J connectivity index is 1.81. The second kappa shape index (κ2) is 6.10. The van der Waals surface area contributed by atoms with E-state index in [1.807, 2.05) is 12.1 Å². The highest BCUT2D eigenvalue weighted by Crippen LogP contribution is 2.23. The van der Waals surface area contributed by atoms with Crippen LogP contribution in [0.15, 0.2) is 18.2 Å². The van der Waals surface area contributed by atoms with E-state index in [2.05, 4.69) is 30.3 Å². The zero-order valence-electron chi connectivity index (χ0n) is 11.6. The molecule has 0 aromatic heterocycles. The first-order valence-electron chi connectivity index (χ1n) is 6.94. The van der Waals surface area contributed by atoms with E-state index >= 15 is 0 Å². The molecule has 1 aromatic rings. The van der Waals surface area contributed by atoms with Crippen molar-refractivity contribution in [2.75, 3.05) is 37.7 Å². The molecule has 100 valence electrons. The van der Waals surface area contributed by atoms with Crippen LogP contribution in [0.2, 0.25) is 0 Å². The van der Waals surface area contributed by atoms with Crippen molar-refractivity contribution < 1.29 is 0 Å². The topological polar surface area (TPSA) is 41.3 Å². The fraction of sp³-hybridized carbons (Fsp3) is 0.600. The molecule has 1 unspecified atom stereocenters. The maximum absolute atomic E-state index is 5.99. The van der Waals surface area contributed by atoms with Gasteiger partial charge in [0.05, 0.1) is 11.4 Å². The van der Waals surface area contributed by atoms with Crippen LogP contribution in [0.25, 0.3) is 0 Å². The van der Waals surface area contributed by atoms with Gasteiger partial charge in [0.2, 0.25) is 0 Å². The summed E-state index contributed by atoms with van der Waals surface area (Å²) in [7, 11) is 2.22. The average Bonchev–Trinajstić information content (AvgIpc) is 2.33. The van der Waals surface area contributed by atoms with Gasteiger partial charge in [-0.1, -0.05) is 12.1 Å². The summed E-state index contributed by atoms with van der Waals surface area (Å²) < 4.78 is 0. The lowest BCUT2D eigenvalue weighted by Crippen LogP contribution is -2.32. The molecule has 18 heavy (non-hydrogen) atoms. The fourth-order valence-corrected chi connectivity index (χ4v) is 2.84. The lowest BCUT2D eigenvalue weighted by Gasteiger charge is -2.29. The molecule has 0 radical (unpaired) electrons. The van der Waals surface area contributed by atoms with E-state index in [9.17, 15) is 0 Å². The SMILES string of the molecule is Cc1cccc(N)c1NCCC1CCCN(C)C1. The van der Waals surface area contributed by atoms with Gasteiger partial charge in [-0.05, 0) is 57.3 Å². The molecule has 1 heterocycles. The first-order valence-corrected chi connectivity index (χ1v) is 6.94. The zero-order valence-corrected chi connectivity index (χ0v) is 11.6. The molecule has 1 fully saturated rings. The molecule has 0 bridgehead atoms. The minimum atomic E-state index is 0.835. The van der Waals surface area contributed by atoms with Crippen LogP contribution >= 0.6 is 0 Å². The lowest BCUT2D eigenvalue weighted by atomic mass is 9.95. The Morgan fingerprint density at radius 1 is 1.44 bits per heavy atom. The van der Waals surface area contributed by atoms with Gasteiger partial charge < -0.3 is 16.0 Å². The van der Waals surface area contributed by atoms with E-state index < -0.39 is 0 Å². The predicted octanol–water partition coefficient (Wildman–Crippen LogP) is 2.72. The maximum atomic E-state index is 5.99. The highest BCUT2D eigenvalue weighted by molar-refractivity contribution is 5.69. The number of hydrogen-bond donors (Lipinski definition) is 2. The highest BCUT2D eigenvalue weighted by Gasteiger charge is 2.16. The van der Waals surface area contributed by atoms with Gasteiger partial charge in [-0.15, -0.1) is 0 Å². The summed E-state index contributed by atoms with van der Waals surface area (Å²) in [6.45, 7) is 5.63. The predicted molar refractivity (Wildman–Crippen MR) is 78.9 cm³/mol. The van der Waals surface area contributed by atoms with Gasteiger partial charge in [0.25, 0.3) is 0 Å². The molecule has 0 aliphatic carbocycles. The first kappa shape index (κ1) is 13.2. The highest BCUT2D eigenvalue weighted by atomic mass is 15.1. The van der Waals surface area contributed by atoms with Crippen LogP contribution in [0.3, 0.4) is 0 Å². The number of piperidine rings is 1. The molecule has 1 aliphatic heterocycles. The van der Waals surface area contributed by atoms with Gasteiger partial charge in [0.15, 0.2) is 0 Å². The molecule has 3 N–H and O–H groups in total. The summed E-state index contributed by atoms with van der Waals surface area (Å²) in [5, 5.41) is 3.50. The minimum Gasteiger partial charge on any atom is -0.397 e. The third-order valence-electron chi connectivity index (χ3n) is 3.88. The molecule has 1 atom stereocenters. The number of hydrogen-bond acceptors (Lipinski definition) is 3. The number of nitrogen functional groups attached to an aromatic ring is 1. The normalized spacial score (nSPS) is 20.9. The van der Waals surface area contributed by atoms with Crippen molar-refractivity contribution in [2.24, 2.45) is 5.92 Å². The molecule has 1 aliphatic rings. The Morgan fingerprint density at radius 2 is 2.28 bits per heavy atom. The first-order chi connectivity index (χ1) is 8.66. The van der Waals surface area contributed by atoms with E-state index in [0.29, 0.717) is 0 Å². The van der Waals surface area contributed by atoms with Crippen LogP contribution in [0.1, 0.15) is 24.8 Å². The fourth-order valence-electron chi connectivity index (χ4n) is 2.84. The van der Waals surface area contributed by atoms with Crippen molar-refractivity contribution >= 4 is 11.4 Å². The summed E-state index contributed by atoms with van der Waals surface area (Å²) in [5.74, 6) is 0.835. The van der Waals surface area contributed by atoms with Gasteiger partial charge in [-0.25, -0.2) is 0 Å². The van der Waals surface area contributed by atoms with E-state index in [-0.39, 0.29) is 0 Å². The molecule has 3 heteroatoms. The van der Waals surface area contributed by atoms with Crippen molar-refractivity contribution in [3.05, 3.63) is 23.8 Å². The Bertz CT molecular complexity index is 369. The Kier molecular flexibility index (Phi) is 4.48. The lowest BCUT2D eigenvalue weighted by molar-refractivity contribution is 0.205. The monoisotopic (exact) mass is 247 g/mol. The minimum absolute atomic E-state index is 0.835. The van der Waals surface area contributed by atoms with Gasteiger partial charge in [0, 0.05) is 13.1 Å². The van der Waals surface area contributed by atoms with E-state index in [1.54, 1.807) is 0 Å². The molecular formula is C15H25N3. The number of benzene rings is 1. The van der Waals surface area contributed by atoms with Crippen LogP contribution in [0.4, 0.5) is 11.4 Å². The Hall–Kier alpha value is -1.22. The molecule has 1 saturated heterocycles. The number of para-hydroxylation sites is 1. The molecule has 1 aromatic carbocycles. The van der Waals surface area contributed by atoms with Crippen LogP contribution in [0, 0.1) is 12.8 Å². The van der Waals surface area contributed by atoms with E-state index in [0.717, 1.165) is 23.8 Å². The average molecular weight is 247 g/mol. The van der Waals surface area contributed by atoms with Crippen molar-refractivity contribution in [3.8, 4) is 0 Å². The van der Waals surface area contributed by atoms with E-state index in [4.69, 9.17) is 5.73 Å². The quantitative estimate of drug-likeness (QED) is 0.804. The van der Waals surface area contributed by atoms with E-state index in [1.165, 1.54) is 37.9 Å². The second-order valence-corrected chi connectivity index (χ2v) is 5.53.